The molecule has 1 aliphatic rings. The summed E-state index contributed by atoms with van der Waals surface area (Å²) in [4.78, 5) is 16.1. The number of nitrogens with zero attached hydrogens (tertiary/aromatic N) is 3. The zero-order chi connectivity index (χ0) is 18.6. The maximum atomic E-state index is 12.8. The van der Waals surface area contributed by atoms with Gasteiger partial charge >= 0.3 is 6.18 Å². The molecule has 1 aromatic carbocycles. The van der Waals surface area contributed by atoms with Crippen molar-refractivity contribution in [3.8, 4) is 0 Å². The average molecular weight is 390 g/mol. The first-order valence-corrected chi connectivity index (χ1v) is 8.37. The minimum atomic E-state index is -4.66. The molecule has 134 valence electrons. The number of alkyl halides is 3. The maximum absolute atomic E-state index is 12.8. The highest BCUT2D eigenvalue weighted by molar-refractivity contribution is 8.14. The van der Waals surface area contributed by atoms with Gasteiger partial charge in [0.05, 0.1) is 10.5 Å². The summed E-state index contributed by atoms with van der Waals surface area (Å²) in [7, 11) is 0. The number of thiocarbonyl (C=S) groups is 1. The molecule has 0 unspecified atom stereocenters. The zero-order valence-electron chi connectivity index (χ0n) is 12.7. The minimum Gasteiger partial charge on any atom is -0.357 e. The van der Waals surface area contributed by atoms with Crippen LogP contribution in [-0.2, 0) is 6.18 Å². The summed E-state index contributed by atoms with van der Waals surface area (Å²) in [6.07, 6.45) is -3.07. The highest BCUT2D eigenvalue weighted by Crippen LogP contribution is 2.38. The largest absolute Gasteiger partial charge is 0.416 e. The molecule has 1 N–H and O–H groups in total. The number of benzene rings is 1. The number of anilines is 1. The van der Waals surface area contributed by atoms with E-state index in [1.54, 1.807) is 6.08 Å². The van der Waals surface area contributed by atoms with Crippen LogP contribution in [0.1, 0.15) is 5.56 Å². The average Bonchev–Trinajstić information content (AvgIpc) is 2.99. The number of aliphatic imine (C=N–C) groups is 1. The molecule has 0 saturated carbocycles. The number of nitro benzene ring substituents is 1. The highest BCUT2D eigenvalue weighted by atomic mass is 32.2. The summed E-state index contributed by atoms with van der Waals surface area (Å²) in [6.45, 7) is 4.31. The summed E-state index contributed by atoms with van der Waals surface area (Å²) in [6, 6.07) is 2.43. The van der Waals surface area contributed by atoms with Crippen LogP contribution in [0.15, 0.2) is 35.8 Å². The van der Waals surface area contributed by atoms with E-state index in [0.717, 1.165) is 12.1 Å². The molecule has 0 bridgehead atoms. The highest BCUT2D eigenvalue weighted by Gasteiger charge is 2.35. The Bertz CT molecular complexity index is 737. The maximum Gasteiger partial charge on any atom is 0.416 e. The van der Waals surface area contributed by atoms with Gasteiger partial charge in [-0.1, -0.05) is 17.8 Å². The van der Waals surface area contributed by atoms with Gasteiger partial charge in [0, 0.05) is 24.9 Å². The van der Waals surface area contributed by atoms with Crippen LogP contribution in [0, 0.1) is 10.1 Å². The molecule has 1 aromatic rings. The molecule has 1 heterocycles. The van der Waals surface area contributed by atoms with Gasteiger partial charge in [0.15, 0.2) is 10.3 Å². The van der Waals surface area contributed by atoms with E-state index in [9.17, 15) is 23.3 Å². The summed E-state index contributed by atoms with van der Waals surface area (Å²) in [5.41, 5.74) is -1.65. The number of hydrogen-bond donors (Lipinski definition) is 1. The molecule has 1 aliphatic heterocycles. The Balaban J connectivity index is 2.39. The molecule has 2 rings (SSSR count). The molecule has 6 nitrogen and oxygen atoms in total. The topological polar surface area (TPSA) is 70.8 Å². The molecule has 11 heteroatoms. The van der Waals surface area contributed by atoms with Gasteiger partial charge in [0.1, 0.15) is 5.69 Å². The van der Waals surface area contributed by atoms with Crippen LogP contribution in [0.3, 0.4) is 0 Å². The second kappa shape index (κ2) is 7.83. The van der Waals surface area contributed by atoms with E-state index in [-0.39, 0.29) is 10.8 Å². The molecule has 0 aromatic heterocycles. The molecular formula is C14H13F3N4O2S2. The Morgan fingerprint density at radius 2 is 2.28 bits per heavy atom. The number of amidine groups is 1. The summed E-state index contributed by atoms with van der Waals surface area (Å²) < 4.78 is 38.4. The van der Waals surface area contributed by atoms with Gasteiger partial charge in [-0.3, -0.25) is 10.1 Å². The van der Waals surface area contributed by atoms with Crippen molar-refractivity contribution < 1.29 is 18.1 Å². The van der Waals surface area contributed by atoms with Crippen LogP contribution in [-0.4, -0.2) is 34.0 Å². The lowest BCUT2D eigenvalue weighted by Crippen LogP contribution is -2.28. The Morgan fingerprint density at radius 3 is 2.88 bits per heavy atom. The smallest absolute Gasteiger partial charge is 0.357 e. The first-order valence-electron chi connectivity index (χ1n) is 6.97. The summed E-state index contributed by atoms with van der Waals surface area (Å²) in [5.74, 6) is 0.584. The molecule has 1 fully saturated rings. The van der Waals surface area contributed by atoms with Crippen LogP contribution in [0.4, 0.5) is 24.5 Å². The van der Waals surface area contributed by atoms with E-state index in [2.05, 4.69) is 16.9 Å². The van der Waals surface area contributed by atoms with Gasteiger partial charge < -0.3 is 10.2 Å². The summed E-state index contributed by atoms with van der Waals surface area (Å²) >= 11 is 6.36. The zero-order valence-corrected chi connectivity index (χ0v) is 14.4. The fourth-order valence-electron chi connectivity index (χ4n) is 2.08. The van der Waals surface area contributed by atoms with Crippen molar-refractivity contribution in [2.24, 2.45) is 4.99 Å². The lowest BCUT2D eigenvalue weighted by atomic mass is 10.1. The van der Waals surface area contributed by atoms with Crippen LogP contribution in [0.5, 0.6) is 0 Å². The molecule has 0 spiro atoms. The first kappa shape index (κ1) is 19.2. The van der Waals surface area contributed by atoms with Crippen LogP contribution >= 0.6 is 24.0 Å². The van der Waals surface area contributed by atoms with E-state index in [1.165, 1.54) is 16.7 Å². The van der Waals surface area contributed by atoms with Crippen molar-refractivity contribution in [3.05, 3.63) is 46.5 Å². The van der Waals surface area contributed by atoms with E-state index >= 15 is 0 Å². The van der Waals surface area contributed by atoms with Crippen molar-refractivity contribution in [2.45, 2.75) is 6.18 Å². The fraction of sp³-hybridized carbons (Fsp3) is 0.286. The number of rotatable bonds is 4. The van der Waals surface area contributed by atoms with Gasteiger partial charge in [-0.15, -0.1) is 6.58 Å². The van der Waals surface area contributed by atoms with Crippen molar-refractivity contribution in [1.29, 1.82) is 0 Å². The predicted octanol–water partition coefficient (Wildman–Crippen LogP) is 3.58. The normalized spacial score (nSPS) is 16.1. The molecule has 0 aliphatic carbocycles. The fourth-order valence-corrected chi connectivity index (χ4v) is 3.26. The van der Waals surface area contributed by atoms with E-state index < -0.39 is 22.4 Å². The third-order valence-corrected chi connectivity index (χ3v) is 4.35. The quantitative estimate of drug-likeness (QED) is 0.367. The van der Waals surface area contributed by atoms with Crippen LogP contribution in [0.2, 0.25) is 0 Å². The third-order valence-electron chi connectivity index (χ3n) is 3.16. The molecule has 0 amide bonds. The lowest BCUT2D eigenvalue weighted by molar-refractivity contribution is -0.384. The molecule has 25 heavy (non-hydrogen) atoms. The number of halogens is 3. The van der Waals surface area contributed by atoms with Gasteiger partial charge in [-0.25, -0.2) is 0 Å². The van der Waals surface area contributed by atoms with Crippen molar-refractivity contribution in [3.63, 3.8) is 0 Å². The number of nitrogens with one attached hydrogen (secondary N) is 1. The minimum absolute atomic E-state index is 0.0493. The molecule has 0 atom stereocenters. The van der Waals surface area contributed by atoms with Crippen LogP contribution in [0.25, 0.3) is 0 Å². The van der Waals surface area contributed by atoms with Crippen molar-refractivity contribution in [1.82, 2.24) is 5.32 Å². The second-order valence-electron chi connectivity index (χ2n) is 4.83. The lowest BCUT2D eigenvalue weighted by Gasteiger charge is -2.19. The number of hydrogen-bond acceptors (Lipinski definition) is 4. The standard InChI is InChI=1S/C14H13F3N4O2S2/c1-2-5-18-12(24)19-13-20(6-7-25-13)10-4-3-9(14(15,16)17)8-11(10)21(22)23/h2-4,8H,1,5-7H2,(H,18,24). The third kappa shape index (κ3) is 4.69. The van der Waals surface area contributed by atoms with E-state index in [4.69, 9.17) is 12.2 Å². The molecular weight excluding hydrogens is 377 g/mol. The Kier molecular flexibility index (Phi) is 6.01. The Labute approximate surface area is 150 Å². The Hall–Kier alpha value is -2.14. The van der Waals surface area contributed by atoms with Crippen LogP contribution < -0.4 is 10.2 Å². The monoisotopic (exact) mass is 390 g/mol. The van der Waals surface area contributed by atoms with E-state index in [0.29, 0.717) is 30.1 Å². The number of nitro groups is 1. The van der Waals surface area contributed by atoms with Gasteiger partial charge in [0.2, 0.25) is 0 Å². The molecule has 1 saturated heterocycles. The van der Waals surface area contributed by atoms with E-state index in [1.807, 2.05) is 0 Å². The van der Waals surface area contributed by atoms with Gasteiger partial charge in [-0.2, -0.15) is 18.2 Å². The first-order chi connectivity index (χ1) is 11.7. The number of thioether (sulfide) groups is 1. The Morgan fingerprint density at radius 1 is 1.56 bits per heavy atom. The molecule has 0 radical (unpaired) electrons. The van der Waals surface area contributed by atoms with Crippen molar-refractivity contribution in [2.75, 3.05) is 23.7 Å². The van der Waals surface area contributed by atoms with Crippen molar-refractivity contribution >= 4 is 45.6 Å². The van der Waals surface area contributed by atoms with Gasteiger partial charge in [0.25, 0.3) is 5.69 Å². The SMILES string of the molecule is C=CCNC(=S)N=C1SCCN1c1ccc(C(F)(F)F)cc1[N+](=O)[O-]. The summed E-state index contributed by atoms with van der Waals surface area (Å²) in [5, 5.41) is 14.6. The predicted molar refractivity (Wildman–Crippen MR) is 96.1 cm³/mol. The van der Waals surface area contributed by atoms with Gasteiger partial charge in [-0.05, 0) is 24.4 Å². The second-order valence-corrected chi connectivity index (χ2v) is 6.28.